The molecule has 0 saturated carbocycles. The number of hydrogen-bond donors (Lipinski definition) is 2. The Labute approximate surface area is 118 Å². The van der Waals surface area contributed by atoms with Crippen LogP contribution in [0.4, 0.5) is 0 Å². The lowest BCUT2D eigenvalue weighted by molar-refractivity contribution is 0.0696. The number of aromatic carboxylic acids is 1. The first-order valence-electron chi connectivity index (χ1n) is 5.67. The second-order valence-electron chi connectivity index (χ2n) is 3.99. The number of carboxylic acid groups (broad SMARTS) is 1. The van der Waals surface area contributed by atoms with Crippen molar-refractivity contribution in [3.05, 3.63) is 39.8 Å². The smallest absolute Gasteiger partial charge is 0.343 e. The lowest BCUT2D eigenvalue weighted by Gasteiger charge is -2.08. The van der Waals surface area contributed by atoms with E-state index in [1.165, 1.54) is 29.5 Å². The summed E-state index contributed by atoms with van der Waals surface area (Å²) in [6, 6.07) is 4.65. The van der Waals surface area contributed by atoms with E-state index in [0.717, 1.165) is 5.56 Å². The molecule has 0 aliphatic rings. The molecule has 0 aliphatic heterocycles. The number of hydrogen-bond acceptors (Lipinski definition) is 5. The molecule has 0 atom stereocenters. The molecule has 1 aromatic heterocycles. The topological polar surface area (TPSA) is 97.2 Å². The van der Waals surface area contributed by atoms with E-state index in [-0.39, 0.29) is 11.3 Å². The average Bonchev–Trinajstić information content (AvgIpc) is 2.76. The molecule has 1 heterocycles. The van der Waals surface area contributed by atoms with Gasteiger partial charge in [0.15, 0.2) is 5.16 Å². The predicted molar refractivity (Wildman–Crippen MR) is 73.3 cm³/mol. The third-order valence-electron chi connectivity index (χ3n) is 2.72. The fourth-order valence-corrected chi connectivity index (χ4v) is 2.53. The number of ether oxygens (including phenoxy) is 1. The van der Waals surface area contributed by atoms with E-state index in [9.17, 15) is 9.59 Å². The Bertz CT molecular complexity index is 692. The first kappa shape index (κ1) is 14.2. The van der Waals surface area contributed by atoms with Gasteiger partial charge in [-0.25, -0.2) is 14.7 Å². The summed E-state index contributed by atoms with van der Waals surface area (Å²) in [5.41, 5.74) is 0.629. The Hall–Kier alpha value is -2.22. The van der Waals surface area contributed by atoms with E-state index in [0.29, 0.717) is 16.7 Å². The summed E-state index contributed by atoms with van der Waals surface area (Å²) in [4.78, 5) is 22.2. The van der Waals surface area contributed by atoms with Gasteiger partial charge >= 0.3 is 11.7 Å². The second-order valence-corrected chi connectivity index (χ2v) is 4.93. The molecule has 106 valence electrons. The lowest BCUT2D eigenvalue weighted by atomic mass is 10.1. The third-order valence-corrected chi connectivity index (χ3v) is 3.80. The van der Waals surface area contributed by atoms with E-state index >= 15 is 0 Å². The van der Waals surface area contributed by atoms with Crippen LogP contribution in [0, 0.1) is 0 Å². The summed E-state index contributed by atoms with van der Waals surface area (Å²) in [6.45, 7) is 0. The predicted octanol–water partition coefficient (Wildman–Crippen LogP) is 1.11. The van der Waals surface area contributed by atoms with Gasteiger partial charge in [0, 0.05) is 18.4 Å². The molecular weight excluding hydrogens is 282 g/mol. The summed E-state index contributed by atoms with van der Waals surface area (Å²) >= 11 is 1.32. The minimum atomic E-state index is -0.994. The van der Waals surface area contributed by atoms with Gasteiger partial charge in [0.2, 0.25) is 0 Å². The first-order chi connectivity index (χ1) is 9.52. The zero-order chi connectivity index (χ0) is 14.7. The summed E-state index contributed by atoms with van der Waals surface area (Å²) in [6.07, 6.45) is 0. The fraction of sp³-hybridized carbons (Fsp3) is 0.250. The number of carbonyl (C=O) groups is 1. The molecule has 20 heavy (non-hydrogen) atoms. The number of nitrogens with zero attached hydrogens (tertiary/aromatic N) is 2. The molecule has 0 unspecified atom stereocenters. The molecule has 0 amide bonds. The molecular formula is C12H13N3O4S. The Kier molecular flexibility index (Phi) is 4.14. The van der Waals surface area contributed by atoms with Crippen LogP contribution in [-0.2, 0) is 12.8 Å². The Morgan fingerprint density at radius 2 is 2.30 bits per heavy atom. The van der Waals surface area contributed by atoms with Crippen molar-refractivity contribution in [2.24, 2.45) is 7.05 Å². The Morgan fingerprint density at radius 1 is 1.55 bits per heavy atom. The van der Waals surface area contributed by atoms with Crippen LogP contribution >= 0.6 is 11.8 Å². The second kappa shape index (κ2) is 5.83. The van der Waals surface area contributed by atoms with Crippen LogP contribution in [0.2, 0.25) is 0 Å². The van der Waals surface area contributed by atoms with Crippen molar-refractivity contribution in [2.75, 3.05) is 7.11 Å². The van der Waals surface area contributed by atoms with Gasteiger partial charge in [-0.15, -0.1) is 5.10 Å². The van der Waals surface area contributed by atoms with E-state index in [1.807, 2.05) is 0 Å². The molecule has 0 bridgehead atoms. The lowest BCUT2D eigenvalue weighted by Crippen LogP contribution is -2.12. The average molecular weight is 295 g/mol. The molecule has 7 nitrogen and oxygen atoms in total. The number of carboxylic acids is 1. The van der Waals surface area contributed by atoms with Crippen LogP contribution in [0.15, 0.2) is 28.2 Å². The maximum atomic E-state index is 11.2. The fourth-order valence-electron chi connectivity index (χ4n) is 1.63. The van der Waals surface area contributed by atoms with Crippen molar-refractivity contribution in [2.45, 2.75) is 10.9 Å². The number of nitrogens with one attached hydrogen (secondary N) is 1. The number of thioether (sulfide) groups is 1. The van der Waals surface area contributed by atoms with Gasteiger partial charge in [0.05, 0.1) is 12.7 Å². The van der Waals surface area contributed by atoms with Gasteiger partial charge in [0.25, 0.3) is 0 Å². The largest absolute Gasteiger partial charge is 0.496 e. The molecule has 1 aromatic carbocycles. The van der Waals surface area contributed by atoms with Crippen LogP contribution in [0.5, 0.6) is 5.75 Å². The SMILES string of the molecule is COc1ccc(C(=O)O)cc1CSc1n[nH]c(=O)n1C. The van der Waals surface area contributed by atoms with Crippen LogP contribution in [0.3, 0.4) is 0 Å². The highest BCUT2D eigenvalue weighted by atomic mass is 32.2. The molecule has 0 spiro atoms. The summed E-state index contributed by atoms with van der Waals surface area (Å²) in [5.74, 6) is 0.0525. The Morgan fingerprint density at radius 3 is 2.85 bits per heavy atom. The molecule has 2 N–H and O–H groups in total. The molecule has 0 saturated heterocycles. The number of rotatable bonds is 5. The Balaban J connectivity index is 2.23. The number of H-pyrrole nitrogens is 1. The molecule has 0 fully saturated rings. The highest BCUT2D eigenvalue weighted by molar-refractivity contribution is 7.98. The molecule has 2 aromatic rings. The number of benzene rings is 1. The van der Waals surface area contributed by atoms with Gasteiger partial charge in [-0.05, 0) is 18.2 Å². The number of aromatic nitrogens is 3. The monoisotopic (exact) mass is 295 g/mol. The molecule has 2 rings (SSSR count). The van der Waals surface area contributed by atoms with Crippen LogP contribution < -0.4 is 10.4 Å². The van der Waals surface area contributed by atoms with E-state index in [2.05, 4.69) is 10.2 Å². The van der Waals surface area contributed by atoms with Gasteiger partial charge in [0.1, 0.15) is 5.75 Å². The van der Waals surface area contributed by atoms with Crippen molar-refractivity contribution in [3.8, 4) is 5.75 Å². The summed E-state index contributed by atoms with van der Waals surface area (Å²) in [7, 11) is 3.13. The van der Waals surface area contributed by atoms with Crippen molar-refractivity contribution >= 4 is 17.7 Å². The molecule has 0 radical (unpaired) electrons. The standard InChI is InChI=1S/C12H13N3O4S/c1-15-11(18)13-14-12(15)20-6-8-5-7(10(16)17)3-4-9(8)19-2/h3-5H,6H2,1-2H3,(H,13,18)(H,16,17). The van der Waals surface area contributed by atoms with Crippen molar-refractivity contribution < 1.29 is 14.6 Å². The van der Waals surface area contributed by atoms with Crippen LogP contribution in [0.1, 0.15) is 15.9 Å². The van der Waals surface area contributed by atoms with Crippen LogP contribution in [-0.4, -0.2) is 33.0 Å². The maximum Gasteiger partial charge on any atom is 0.343 e. The van der Waals surface area contributed by atoms with Gasteiger partial charge < -0.3 is 9.84 Å². The zero-order valence-electron chi connectivity index (χ0n) is 10.9. The van der Waals surface area contributed by atoms with Crippen molar-refractivity contribution in [3.63, 3.8) is 0 Å². The summed E-state index contributed by atoms with van der Waals surface area (Å²) < 4.78 is 6.59. The maximum absolute atomic E-state index is 11.2. The quantitative estimate of drug-likeness (QED) is 0.802. The van der Waals surface area contributed by atoms with Crippen molar-refractivity contribution in [1.82, 2.24) is 14.8 Å². The zero-order valence-corrected chi connectivity index (χ0v) is 11.7. The minimum absolute atomic E-state index is 0.192. The number of aromatic amines is 1. The van der Waals surface area contributed by atoms with Gasteiger partial charge in [-0.2, -0.15) is 0 Å². The van der Waals surface area contributed by atoms with Crippen LogP contribution in [0.25, 0.3) is 0 Å². The van der Waals surface area contributed by atoms with Gasteiger partial charge in [-0.3, -0.25) is 4.57 Å². The first-order valence-corrected chi connectivity index (χ1v) is 6.66. The highest BCUT2D eigenvalue weighted by Gasteiger charge is 2.11. The summed E-state index contributed by atoms with van der Waals surface area (Å²) in [5, 5.41) is 15.7. The van der Waals surface area contributed by atoms with Gasteiger partial charge in [-0.1, -0.05) is 11.8 Å². The van der Waals surface area contributed by atoms with Crippen molar-refractivity contribution in [1.29, 1.82) is 0 Å². The molecule has 0 aliphatic carbocycles. The highest BCUT2D eigenvalue weighted by Crippen LogP contribution is 2.27. The number of methoxy groups -OCH3 is 1. The van der Waals surface area contributed by atoms with E-state index in [1.54, 1.807) is 19.2 Å². The van der Waals surface area contributed by atoms with E-state index in [4.69, 9.17) is 9.84 Å². The third kappa shape index (κ3) is 2.85. The normalized spacial score (nSPS) is 10.5. The van der Waals surface area contributed by atoms with E-state index < -0.39 is 5.97 Å². The minimum Gasteiger partial charge on any atom is -0.496 e. The molecule has 8 heteroatoms.